The first-order valence-corrected chi connectivity index (χ1v) is 6.55. The minimum atomic E-state index is -1.05. The Hall–Kier alpha value is -1.91. The molecule has 0 radical (unpaired) electrons. The number of hydrogen-bond acceptors (Lipinski definition) is 3. The molecular formula is C14H8Cl2N2O2. The third-order valence-electron chi connectivity index (χ3n) is 3.03. The molecule has 2 aromatic rings. The molecule has 0 atom stereocenters. The van der Waals surface area contributed by atoms with Crippen LogP contribution in [0.4, 0.5) is 0 Å². The van der Waals surface area contributed by atoms with E-state index in [1.807, 2.05) is 6.07 Å². The number of halogens is 2. The zero-order valence-electron chi connectivity index (χ0n) is 10.1. The van der Waals surface area contributed by atoms with Gasteiger partial charge in [0, 0.05) is 11.1 Å². The summed E-state index contributed by atoms with van der Waals surface area (Å²) in [6.07, 6.45) is 0. The molecule has 3 rings (SSSR count). The quantitative estimate of drug-likeness (QED) is 0.924. The summed E-state index contributed by atoms with van der Waals surface area (Å²) in [6, 6.07) is 8.47. The molecule has 0 aliphatic carbocycles. The number of carboxylic acid groups (broad SMARTS) is 1. The van der Waals surface area contributed by atoms with Crippen molar-refractivity contribution in [3.8, 4) is 0 Å². The first kappa shape index (κ1) is 13.1. The molecule has 0 amide bonds. The Morgan fingerprint density at radius 1 is 1.15 bits per heavy atom. The number of aliphatic imine (C=N–C) groups is 1. The van der Waals surface area contributed by atoms with Crippen LogP contribution in [0.1, 0.15) is 27.3 Å². The Balaban J connectivity index is 2.04. The van der Waals surface area contributed by atoms with Crippen LogP contribution in [-0.2, 0) is 6.54 Å². The van der Waals surface area contributed by atoms with E-state index in [1.165, 1.54) is 6.07 Å². The molecule has 2 heterocycles. The van der Waals surface area contributed by atoms with Crippen LogP contribution in [0.5, 0.6) is 0 Å². The smallest absolute Gasteiger partial charge is 0.354 e. The van der Waals surface area contributed by atoms with Crippen LogP contribution in [0.3, 0.4) is 0 Å². The number of hydrogen-bond donors (Lipinski definition) is 1. The number of pyridine rings is 1. The highest BCUT2D eigenvalue weighted by Gasteiger charge is 2.20. The summed E-state index contributed by atoms with van der Waals surface area (Å²) in [7, 11) is 0. The van der Waals surface area contributed by atoms with Crippen LogP contribution in [0.15, 0.2) is 35.3 Å². The lowest BCUT2D eigenvalue weighted by Gasteiger charge is -2.05. The number of aromatic carboxylic acids is 1. The van der Waals surface area contributed by atoms with E-state index < -0.39 is 5.97 Å². The molecule has 0 fully saturated rings. The summed E-state index contributed by atoms with van der Waals surface area (Å²) >= 11 is 11.9. The normalized spacial score (nSPS) is 13.0. The molecule has 1 aliphatic rings. The molecular weight excluding hydrogens is 299 g/mol. The van der Waals surface area contributed by atoms with Crippen LogP contribution >= 0.6 is 23.2 Å². The highest BCUT2D eigenvalue weighted by molar-refractivity contribution is 6.42. The highest BCUT2D eigenvalue weighted by Crippen LogP contribution is 2.27. The number of nitrogens with zero attached hydrogens (tertiary/aromatic N) is 2. The third kappa shape index (κ3) is 2.17. The van der Waals surface area contributed by atoms with Gasteiger partial charge < -0.3 is 5.11 Å². The summed E-state index contributed by atoms with van der Waals surface area (Å²) in [6.45, 7) is 0.367. The molecule has 0 spiro atoms. The van der Waals surface area contributed by atoms with Gasteiger partial charge in [0.15, 0.2) is 0 Å². The molecule has 0 saturated carbocycles. The standard InChI is InChI=1S/C14H8Cl2N2O2/c15-9-3-1-7(5-10(9)16)13-8-2-4-11(14(19)20)18-12(8)6-17-13/h1-5H,6H2,(H,19,20). The highest BCUT2D eigenvalue weighted by atomic mass is 35.5. The molecule has 4 nitrogen and oxygen atoms in total. The minimum absolute atomic E-state index is 0.0225. The summed E-state index contributed by atoms with van der Waals surface area (Å²) in [5, 5.41) is 9.87. The second-order valence-corrected chi connectivity index (χ2v) is 5.10. The molecule has 6 heteroatoms. The Labute approximate surface area is 124 Å². The minimum Gasteiger partial charge on any atom is -0.477 e. The third-order valence-corrected chi connectivity index (χ3v) is 3.77. The van der Waals surface area contributed by atoms with E-state index in [-0.39, 0.29) is 5.69 Å². The van der Waals surface area contributed by atoms with E-state index in [1.54, 1.807) is 18.2 Å². The lowest BCUT2D eigenvalue weighted by molar-refractivity contribution is 0.0690. The van der Waals surface area contributed by atoms with Crippen LogP contribution in [-0.4, -0.2) is 21.8 Å². The van der Waals surface area contributed by atoms with E-state index in [4.69, 9.17) is 28.3 Å². The van der Waals surface area contributed by atoms with E-state index in [2.05, 4.69) is 9.98 Å². The van der Waals surface area contributed by atoms with Crippen molar-refractivity contribution in [2.24, 2.45) is 4.99 Å². The fourth-order valence-electron chi connectivity index (χ4n) is 2.09. The van der Waals surface area contributed by atoms with Crippen molar-refractivity contribution in [3.05, 3.63) is 62.9 Å². The Morgan fingerprint density at radius 3 is 2.65 bits per heavy atom. The van der Waals surface area contributed by atoms with Gasteiger partial charge in [0.1, 0.15) is 5.69 Å². The van der Waals surface area contributed by atoms with Crippen molar-refractivity contribution in [2.45, 2.75) is 6.54 Å². The predicted molar refractivity (Wildman–Crippen MR) is 77.0 cm³/mol. The van der Waals surface area contributed by atoms with Gasteiger partial charge in [-0.1, -0.05) is 29.3 Å². The van der Waals surface area contributed by atoms with Crippen molar-refractivity contribution in [1.82, 2.24) is 4.98 Å². The van der Waals surface area contributed by atoms with Gasteiger partial charge in [-0.3, -0.25) is 4.99 Å². The van der Waals surface area contributed by atoms with Crippen molar-refractivity contribution in [3.63, 3.8) is 0 Å². The molecule has 0 saturated heterocycles. The molecule has 1 N–H and O–H groups in total. The van der Waals surface area contributed by atoms with E-state index >= 15 is 0 Å². The number of benzene rings is 1. The van der Waals surface area contributed by atoms with Crippen LogP contribution in [0.25, 0.3) is 0 Å². The van der Waals surface area contributed by atoms with Crippen molar-refractivity contribution >= 4 is 34.9 Å². The van der Waals surface area contributed by atoms with Crippen molar-refractivity contribution < 1.29 is 9.90 Å². The zero-order valence-corrected chi connectivity index (χ0v) is 11.6. The summed E-state index contributed by atoms with van der Waals surface area (Å²) < 4.78 is 0. The Kier molecular flexibility index (Phi) is 3.20. The van der Waals surface area contributed by atoms with Crippen LogP contribution in [0, 0.1) is 0 Å². The molecule has 1 aliphatic heterocycles. The van der Waals surface area contributed by atoms with Crippen LogP contribution < -0.4 is 0 Å². The SMILES string of the molecule is O=C(O)c1ccc2c(n1)CN=C2c1ccc(Cl)c(Cl)c1. The number of aromatic nitrogens is 1. The molecule has 1 aromatic carbocycles. The van der Waals surface area contributed by atoms with E-state index in [9.17, 15) is 4.79 Å². The average molecular weight is 307 g/mol. The van der Waals surface area contributed by atoms with Crippen molar-refractivity contribution in [2.75, 3.05) is 0 Å². The monoisotopic (exact) mass is 306 g/mol. The van der Waals surface area contributed by atoms with Crippen molar-refractivity contribution in [1.29, 1.82) is 0 Å². The Morgan fingerprint density at radius 2 is 1.95 bits per heavy atom. The van der Waals surface area contributed by atoms with Gasteiger partial charge >= 0.3 is 5.97 Å². The lowest BCUT2D eigenvalue weighted by atomic mass is 10.0. The van der Waals surface area contributed by atoms with Gasteiger partial charge in [-0.05, 0) is 24.3 Å². The second-order valence-electron chi connectivity index (χ2n) is 4.29. The average Bonchev–Trinajstić information content (AvgIpc) is 2.84. The van der Waals surface area contributed by atoms with E-state index in [0.717, 1.165) is 16.8 Å². The molecule has 0 bridgehead atoms. The summed E-state index contributed by atoms with van der Waals surface area (Å²) in [4.78, 5) is 19.4. The fourth-order valence-corrected chi connectivity index (χ4v) is 2.38. The summed E-state index contributed by atoms with van der Waals surface area (Å²) in [5.74, 6) is -1.05. The first-order valence-electron chi connectivity index (χ1n) is 5.80. The number of fused-ring (bicyclic) bond motifs is 1. The number of carboxylic acids is 1. The van der Waals surface area contributed by atoms with E-state index in [0.29, 0.717) is 22.3 Å². The first-order chi connectivity index (χ1) is 9.56. The maximum atomic E-state index is 10.9. The van der Waals surface area contributed by atoms with Gasteiger partial charge in [0.25, 0.3) is 0 Å². The Bertz CT molecular complexity index is 757. The molecule has 0 unspecified atom stereocenters. The second kappa shape index (κ2) is 4.89. The van der Waals surface area contributed by atoms with Gasteiger partial charge in [-0.25, -0.2) is 9.78 Å². The zero-order chi connectivity index (χ0) is 14.3. The fraction of sp³-hybridized carbons (Fsp3) is 0.0714. The van der Waals surface area contributed by atoms with Gasteiger partial charge in [-0.2, -0.15) is 0 Å². The summed E-state index contributed by atoms with van der Waals surface area (Å²) in [5.41, 5.74) is 3.10. The molecule has 1 aromatic heterocycles. The lowest BCUT2D eigenvalue weighted by Crippen LogP contribution is -2.06. The molecule has 100 valence electrons. The number of carbonyl (C=O) groups is 1. The predicted octanol–water partition coefficient (Wildman–Crippen LogP) is 3.44. The molecule has 20 heavy (non-hydrogen) atoms. The largest absolute Gasteiger partial charge is 0.477 e. The maximum absolute atomic E-state index is 10.9. The maximum Gasteiger partial charge on any atom is 0.354 e. The van der Waals surface area contributed by atoms with Gasteiger partial charge in [0.2, 0.25) is 0 Å². The van der Waals surface area contributed by atoms with Crippen LogP contribution in [0.2, 0.25) is 10.0 Å². The topological polar surface area (TPSA) is 62.5 Å². The van der Waals surface area contributed by atoms with Gasteiger partial charge in [0.05, 0.1) is 28.0 Å². The number of rotatable bonds is 2. The van der Waals surface area contributed by atoms with Gasteiger partial charge in [-0.15, -0.1) is 0 Å².